The molecule has 6 nitrogen and oxygen atoms in total. The number of imide groups is 1. The molecule has 1 saturated carbocycles. The summed E-state index contributed by atoms with van der Waals surface area (Å²) >= 11 is 1.57. The van der Waals surface area contributed by atoms with E-state index < -0.39 is 29.4 Å². The first-order chi connectivity index (χ1) is 9.53. The fourth-order valence-electron chi connectivity index (χ4n) is 2.92. The molecule has 1 aliphatic carbocycles. The van der Waals surface area contributed by atoms with Crippen molar-refractivity contribution in [2.45, 2.75) is 24.8 Å². The van der Waals surface area contributed by atoms with Gasteiger partial charge in [0.1, 0.15) is 5.54 Å². The molecule has 3 rings (SSSR count). The van der Waals surface area contributed by atoms with Gasteiger partial charge in [-0.1, -0.05) is 0 Å². The van der Waals surface area contributed by atoms with Crippen LogP contribution in [0.15, 0.2) is 16.8 Å². The molecule has 1 aromatic rings. The lowest BCUT2D eigenvalue weighted by atomic mass is 9.85. The number of aliphatic carboxylic acids is 1. The van der Waals surface area contributed by atoms with Gasteiger partial charge < -0.3 is 10.4 Å². The lowest BCUT2D eigenvalue weighted by molar-refractivity contribution is -0.139. The van der Waals surface area contributed by atoms with Gasteiger partial charge in [-0.25, -0.2) is 4.79 Å². The molecule has 3 atom stereocenters. The minimum atomic E-state index is -1.07. The fourth-order valence-corrected chi connectivity index (χ4v) is 3.62. The van der Waals surface area contributed by atoms with E-state index in [1.807, 2.05) is 16.8 Å². The van der Waals surface area contributed by atoms with Crippen molar-refractivity contribution in [3.8, 4) is 0 Å². The number of aryl methyl sites for hydroxylation is 1. The van der Waals surface area contributed by atoms with Crippen molar-refractivity contribution in [2.75, 3.05) is 0 Å². The summed E-state index contributed by atoms with van der Waals surface area (Å²) in [6.45, 7) is 0. The van der Waals surface area contributed by atoms with Gasteiger partial charge in [-0.2, -0.15) is 11.3 Å². The molecule has 1 aromatic heterocycles. The Kier molecular flexibility index (Phi) is 3.01. The average Bonchev–Trinajstić information content (AvgIpc) is 2.93. The van der Waals surface area contributed by atoms with Crippen LogP contribution in [0.2, 0.25) is 0 Å². The number of carbonyl (C=O) groups is 3. The van der Waals surface area contributed by atoms with Crippen LogP contribution in [0.4, 0.5) is 4.79 Å². The van der Waals surface area contributed by atoms with Crippen molar-refractivity contribution in [1.82, 2.24) is 10.6 Å². The number of carboxylic acids is 1. The molecule has 7 heteroatoms. The van der Waals surface area contributed by atoms with Crippen LogP contribution in [0.1, 0.15) is 18.4 Å². The van der Waals surface area contributed by atoms with Crippen LogP contribution in [0.3, 0.4) is 0 Å². The van der Waals surface area contributed by atoms with Crippen LogP contribution in [0, 0.1) is 11.8 Å². The van der Waals surface area contributed by atoms with Crippen molar-refractivity contribution in [1.29, 1.82) is 0 Å². The van der Waals surface area contributed by atoms with Gasteiger partial charge in [0.15, 0.2) is 0 Å². The summed E-state index contributed by atoms with van der Waals surface area (Å²) in [4.78, 5) is 34.6. The molecule has 2 heterocycles. The molecular weight excluding hydrogens is 280 g/mol. The monoisotopic (exact) mass is 294 g/mol. The van der Waals surface area contributed by atoms with E-state index in [0.29, 0.717) is 19.3 Å². The van der Waals surface area contributed by atoms with Crippen LogP contribution in [0.5, 0.6) is 0 Å². The van der Waals surface area contributed by atoms with Gasteiger partial charge in [0.25, 0.3) is 5.91 Å². The number of hydrogen-bond acceptors (Lipinski definition) is 4. The minimum absolute atomic E-state index is 0.315. The smallest absolute Gasteiger partial charge is 0.322 e. The van der Waals surface area contributed by atoms with Crippen LogP contribution in [0.25, 0.3) is 0 Å². The zero-order chi connectivity index (χ0) is 14.3. The maximum atomic E-state index is 12.1. The second kappa shape index (κ2) is 4.59. The van der Waals surface area contributed by atoms with Crippen LogP contribution in [-0.4, -0.2) is 28.6 Å². The summed E-state index contributed by atoms with van der Waals surface area (Å²) in [7, 11) is 0. The molecular formula is C13H14N2O4S. The summed E-state index contributed by atoms with van der Waals surface area (Å²) in [6, 6.07) is 1.44. The molecule has 1 unspecified atom stereocenters. The molecule has 0 aromatic carbocycles. The molecule has 3 amide bonds. The quantitative estimate of drug-likeness (QED) is 0.705. The number of urea groups is 1. The van der Waals surface area contributed by atoms with E-state index in [2.05, 4.69) is 10.6 Å². The summed E-state index contributed by atoms with van der Waals surface area (Å²) < 4.78 is 0. The zero-order valence-electron chi connectivity index (χ0n) is 10.6. The van der Waals surface area contributed by atoms with Gasteiger partial charge in [-0.3, -0.25) is 14.9 Å². The standard InChI is InChI=1S/C13H14N2O4S/c16-10(17)8-5-9(8)13(11(18)14-12(19)15-13)3-1-7-2-4-20-6-7/h2,4,6,8-9H,1,3,5H2,(H,16,17)(H2,14,15,18,19)/t8-,9-,13?/m0/s1. The first-order valence-corrected chi connectivity index (χ1v) is 7.35. The first kappa shape index (κ1) is 13.1. The van der Waals surface area contributed by atoms with E-state index in [1.165, 1.54) is 0 Å². The molecule has 0 bridgehead atoms. The fraction of sp³-hybridized carbons (Fsp3) is 0.462. The number of amides is 3. The third-order valence-corrected chi connectivity index (χ3v) is 4.83. The highest BCUT2D eigenvalue weighted by Crippen LogP contribution is 2.49. The molecule has 20 heavy (non-hydrogen) atoms. The number of hydrogen-bond donors (Lipinski definition) is 3. The van der Waals surface area contributed by atoms with Gasteiger partial charge in [-0.15, -0.1) is 0 Å². The van der Waals surface area contributed by atoms with E-state index in [1.54, 1.807) is 11.3 Å². The predicted octanol–water partition coefficient (Wildman–Crippen LogP) is 0.980. The van der Waals surface area contributed by atoms with Gasteiger partial charge in [0.05, 0.1) is 5.92 Å². The maximum absolute atomic E-state index is 12.1. The normalized spacial score (nSPS) is 31.8. The van der Waals surface area contributed by atoms with E-state index in [9.17, 15) is 14.4 Å². The van der Waals surface area contributed by atoms with Crippen molar-refractivity contribution < 1.29 is 19.5 Å². The third-order valence-electron chi connectivity index (χ3n) is 4.10. The van der Waals surface area contributed by atoms with Crippen molar-refractivity contribution in [3.05, 3.63) is 22.4 Å². The van der Waals surface area contributed by atoms with E-state index in [0.717, 1.165) is 5.56 Å². The Morgan fingerprint density at radius 1 is 1.50 bits per heavy atom. The molecule has 1 saturated heterocycles. The SMILES string of the molecule is O=C1NC(=O)C(CCc2ccsc2)([C@H]2C[C@@H]2C(=O)O)N1. The Labute approximate surface area is 119 Å². The number of carbonyl (C=O) groups excluding carboxylic acids is 2. The van der Waals surface area contributed by atoms with E-state index in [4.69, 9.17) is 5.11 Å². The second-order valence-corrected chi connectivity index (χ2v) is 6.08. The van der Waals surface area contributed by atoms with Crippen LogP contribution < -0.4 is 10.6 Å². The first-order valence-electron chi connectivity index (χ1n) is 6.40. The highest BCUT2D eigenvalue weighted by atomic mass is 32.1. The number of thiophene rings is 1. The van der Waals surface area contributed by atoms with Crippen molar-refractivity contribution >= 4 is 29.2 Å². The summed E-state index contributed by atoms with van der Waals surface area (Å²) in [6.07, 6.45) is 1.50. The second-order valence-electron chi connectivity index (χ2n) is 5.30. The van der Waals surface area contributed by atoms with Crippen LogP contribution >= 0.6 is 11.3 Å². The molecule has 106 valence electrons. The molecule has 1 aliphatic heterocycles. The Morgan fingerprint density at radius 2 is 2.30 bits per heavy atom. The lowest BCUT2D eigenvalue weighted by Gasteiger charge is -2.26. The summed E-state index contributed by atoms with van der Waals surface area (Å²) in [5.74, 6) is -2.16. The summed E-state index contributed by atoms with van der Waals surface area (Å²) in [5, 5.41) is 17.9. The third kappa shape index (κ3) is 2.07. The lowest BCUT2D eigenvalue weighted by Crippen LogP contribution is -2.50. The Hall–Kier alpha value is -1.89. The zero-order valence-corrected chi connectivity index (χ0v) is 11.4. The molecule has 0 spiro atoms. The van der Waals surface area contributed by atoms with Crippen molar-refractivity contribution in [2.24, 2.45) is 11.8 Å². The number of rotatable bonds is 5. The van der Waals surface area contributed by atoms with Gasteiger partial charge >= 0.3 is 12.0 Å². The summed E-state index contributed by atoms with van der Waals surface area (Å²) in [5.41, 5.74) is 0.0260. The topological polar surface area (TPSA) is 95.5 Å². The predicted molar refractivity (Wildman–Crippen MR) is 71.3 cm³/mol. The number of carboxylic acid groups (broad SMARTS) is 1. The van der Waals surface area contributed by atoms with Gasteiger partial charge in [0.2, 0.25) is 0 Å². The number of nitrogens with one attached hydrogen (secondary N) is 2. The van der Waals surface area contributed by atoms with E-state index >= 15 is 0 Å². The van der Waals surface area contributed by atoms with Gasteiger partial charge in [-0.05, 0) is 41.7 Å². The molecule has 3 N–H and O–H groups in total. The maximum Gasteiger partial charge on any atom is 0.322 e. The largest absolute Gasteiger partial charge is 0.481 e. The Morgan fingerprint density at radius 3 is 2.80 bits per heavy atom. The van der Waals surface area contributed by atoms with Crippen LogP contribution in [-0.2, 0) is 16.0 Å². The average molecular weight is 294 g/mol. The minimum Gasteiger partial charge on any atom is -0.481 e. The molecule has 2 aliphatic rings. The Balaban J connectivity index is 1.79. The molecule has 0 radical (unpaired) electrons. The van der Waals surface area contributed by atoms with E-state index in [-0.39, 0.29) is 5.92 Å². The van der Waals surface area contributed by atoms with Gasteiger partial charge in [0, 0.05) is 5.92 Å². The van der Waals surface area contributed by atoms with Crippen molar-refractivity contribution in [3.63, 3.8) is 0 Å². The molecule has 2 fully saturated rings. The Bertz CT molecular complexity index is 571. The highest BCUT2D eigenvalue weighted by molar-refractivity contribution is 7.07. The highest BCUT2D eigenvalue weighted by Gasteiger charge is 2.62.